The fourth-order valence-corrected chi connectivity index (χ4v) is 4.02. The molecule has 5 nitrogen and oxygen atoms in total. The lowest BCUT2D eigenvalue weighted by Gasteiger charge is -2.22. The highest BCUT2D eigenvalue weighted by Crippen LogP contribution is 2.29. The molecule has 116 valence electrons. The first-order valence-electron chi connectivity index (χ1n) is 7.74. The number of nitrogens with zero attached hydrogens (tertiary/aromatic N) is 3. The number of nitrogens with one attached hydrogen (secondary N) is 1. The minimum atomic E-state index is 0.115. The van der Waals surface area contributed by atoms with Gasteiger partial charge in [0.2, 0.25) is 5.91 Å². The van der Waals surface area contributed by atoms with Crippen LogP contribution in [0.1, 0.15) is 18.5 Å². The molecule has 3 saturated heterocycles. The molecule has 0 saturated carbocycles. The first kappa shape index (κ1) is 14.0. The van der Waals surface area contributed by atoms with Gasteiger partial charge in [-0.15, -0.1) is 0 Å². The van der Waals surface area contributed by atoms with E-state index in [0.717, 1.165) is 54.1 Å². The Labute approximate surface area is 134 Å². The predicted molar refractivity (Wildman–Crippen MR) is 85.7 cm³/mol. The predicted octanol–water partition coefficient (Wildman–Crippen LogP) is 1.94. The Morgan fingerprint density at radius 2 is 2.23 bits per heavy atom. The van der Waals surface area contributed by atoms with Crippen LogP contribution in [0, 0.1) is 5.92 Å². The van der Waals surface area contributed by atoms with Gasteiger partial charge in [-0.05, 0) is 25.0 Å². The van der Waals surface area contributed by atoms with Crippen molar-refractivity contribution in [1.29, 1.82) is 0 Å². The fourth-order valence-electron chi connectivity index (χ4n) is 3.74. The largest absolute Gasteiger partial charge is 0.352 e. The van der Waals surface area contributed by atoms with Crippen molar-refractivity contribution in [3.05, 3.63) is 28.9 Å². The zero-order chi connectivity index (χ0) is 15.3. The number of aromatic nitrogens is 2. The minimum Gasteiger partial charge on any atom is -0.352 e. The van der Waals surface area contributed by atoms with Gasteiger partial charge in [0.05, 0.1) is 22.2 Å². The van der Waals surface area contributed by atoms with Gasteiger partial charge in [-0.25, -0.2) is 0 Å². The van der Waals surface area contributed by atoms with Crippen molar-refractivity contribution in [2.75, 3.05) is 13.1 Å². The van der Waals surface area contributed by atoms with Gasteiger partial charge >= 0.3 is 0 Å². The monoisotopic (exact) mass is 318 g/mol. The molecule has 2 aromatic rings. The first-order chi connectivity index (χ1) is 10.6. The van der Waals surface area contributed by atoms with Crippen molar-refractivity contribution < 1.29 is 4.79 Å². The number of aryl methyl sites for hydroxylation is 1. The van der Waals surface area contributed by atoms with Gasteiger partial charge in [-0.2, -0.15) is 5.10 Å². The number of piperidine rings is 1. The molecule has 22 heavy (non-hydrogen) atoms. The average molecular weight is 319 g/mol. The smallest absolute Gasteiger partial charge is 0.224 e. The molecule has 0 spiro atoms. The highest BCUT2D eigenvalue weighted by Gasteiger charge is 2.35. The number of hydrogen-bond acceptors (Lipinski definition) is 3. The van der Waals surface area contributed by atoms with Crippen molar-refractivity contribution in [1.82, 2.24) is 20.0 Å². The quantitative estimate of drug-likeness (QED) is 0.920. The summed E-state index contributed by atoms with van der Waals surface area (Å²) in [7, 11) is 1.94. The molecule has 1 aromatic heterocycles. The normalized spacial score (nSPS) is 25.5. The summed E-state index contributed by atoms with van der Waals surface area (Å²) in [5.74, 6) is 0.326. The van der Waals surface area contributed by atoms with Gasteiger partial charge in [0.15, 0.2) is 0 Å². The average Bonchev–Trinajstić information content (AvgIpc) is 2.62. The number of carbonyl (C=O) groups is 1. The molecule has 0 aliphatic carbocycles. The lowest BCUT2D eigenvalue weighted by atomic mass is 9.96. The van der Waals surface area contributed by atoms with E-state index in [2.05, 4.69) is 15.3 Å². The Morgan fingerprint density at radius 1 is 1.36 bits per heavy atom. The van der Waals surface area contributed by atoms with Gasteiger partial charge in [-0.1, -0.05) is 17.7 Å². The number of benzene rings is 1. The fraction of sp³-hybridized carbons (Fsp3) is 0.500. The maximum Gasteiger partial charge on any atom is 0.224 e. The molecule has 4 heterocycles. The van der Waals surface area contributed by atoms with E-state index in [-0.39, 0.29) is 17.9 Å². The molecule has 5 rings (SSSR count). The van der Waals surface area contributed by atoms with Crippen LogP contribution in [0.4, 0.5) is 0 Å². The van der Waals surface area contributed by atoms with Crippen LogP contribution >= 0.6 is 11.6 Å². The molecule has 2 bridgehead atoms. The number of fused-ring (bicyclic) bond motifs is 5. The third-order valence-corrected chi connectivity index (χ3v) is 5.13. The Morgan fingerprint density at radius 3 is 3.05 bits per heavy atom. The molecule has 1 aromatic carbocycles. The summed E-state index contributed by atoms with van der Waals surface area (Å²) in [5, 5.41) is 9.54. The van der Waals surface area contributed by atoms with E-state index < -0.39 is 0 Å². The van der Waals surface area contributed by atoms with Crippen molar-refractivity contribution >= 4 is 28.4 Å². The summed E-state index contributed by atoms with van der Waals surface area (Å²) in [6.07, 6.45) is 2.08. The standard InChI is InChI=1S/C16H19ClN4O/c1-20-14-4-2-3-12(17)15(14)13(19-20)9-21-7-10-5-6-11(8-21)18-16(10)22/h2-4,10-11H,5-9H2,1H3,(H,18,22)/t10-,11+/m0/s1. The number of hydrogen-bond donors (Lipinski definition) is 1. The van der Waals surface area contributed by atoms with Gasteiger partial charge in [0, 0.05) is 38.1 Å². The molecule has 6 heteroatoms. The second-order valence-electron chi connectivity index (χ2n) is 6.38. The summed E-state index contributed by atoms with van der Waals surface area (Å²) in [6, 6.07) is 6.17. The van der Waals surface area contributed by atoms with Crippen LogP contribution in [0.2, 0.25) is 5.02 Å². The van der Waals surface area contributed by atoms with Gasteiger partial charge < -0.3 is 5.32 Å². The van der Waals surface area contributed by atoms with E-state index >= 15 is 0 Å². The highest BCUT2D eigenvalue weighted by atomic mass is 35.5. The van der Waals surface area contributed by atoms with Crippen molar-refractivity contribution in [3.63, 3.8) is 0 Å². The van der Waals surface area contributed by atoms with Gasteiger partial charge in [0.1, 0.15) is 0 Å². The first-order valence-corrected chi connectivity index (χ1v) is 8.12. The molecule has 3 aliphatic heterocycles. The van der Waals surface area contributed by atoms with E-state index in [4.69, 9.17) is 11.6 Å². The molecule has 1 amide bonds. The van der Waals surface area contributed by atoms with Crippen molar-refractivity contribution in [2.24, 2.45) is 13.0 Å². The molecule has 0 radical (unpaired) electrons. The van der Waals surface area contributed by atoms with Crippen LogP contribution in [-0.2, 0) is 18.4 Å². The van der Waals surface area contributed by atoms with Crippen LogP contribution in [0.3, 0.4) is 0 Å². The molecular weight excluding hydrogens is 300 g/mol. The lowest BCUT2D eigenvalue weighted by molar-refractivity contribution is -0.126. The molecule has 1 N–H and O–H groups in total. The Kier molecular flexibility index (Phi) is 3.35. The second kappa shape index (κ2) is 5.25. The zero-order valence-corrected chi connectivity index (χ0v) is 13.3. The Hall–Kier alpha value is -1.59. The van der Waals surface area contributed by atoms with Crippen LogP contribution in [0.15, 0.2) is 18.2 Å². The molecule has 3 fully saturated rings. The summed E-state index contributed by atoms with van der Waals surface area (Å²) in [5.41, 5.74) is 2.05. The van der Waals surface area contributed by atoms with Crippen LogP contribution < -0.4 is 5.32 Å². The third-order valence-electron chi connectivity index (χ3n) is 4.81. The zero-order valence-electron chi connectivity index (χ0n) is 12.6. The Balaban J connectivity index is 1.65. The van der Waals surface area contributed by atoms with E-state index in [1.165, 1.54) is 0 Å². The topological polar surface area (TPSA) is 50.2 Å². The number of rotatable bonds is 2. The number of halogens is 1. The van der Waals surface area contributed by atoms with Gasteiger partial charge in [0.25, 0.3) is 0 Å². The summed E-state index contributed by atoms with van der Waals surface area (Å²) < 4.78 is 1.88. The minimum absolute atomic E-state index is 0.115. The van der Waals surface area contributed by atoms with E-state index in [1.54, 1.807) is 0 Å². The maximum absolute atomic E-state index is 12.0. The molecule has 3 aliphatic rings. The van der Waals surface area contributed by atoms with Crippen LogP contribution in [0.5, 0.6) is 0 Å². The molecular formula is C16H19ClN4O. The SMILES string of the molecule is Cn1nc(CN2C[C@H]3CC[C@@H](C2)C(=O)N3)c2c(Cl)cccc21. The van der Waals surface area contributed by atoms with Gasteiger partial charge in [-0.3, -0.25) is 14.4 Å². The molecule has 2 atom stereocenters. The van der Waals surface area contributed by atoms with Crippen molar-refractivity contribution in [2.45, 2.75) is 25.4 Å². The highest BCUT2D eigenvalue weighted by molar-refractivity contribution is 6.35. The van der Waals surface area contributed by atoms with E-state index in [9.17, 15) is 4.79 Å². The Bertz CT molecular complexity index is 741. The lowest BCUT2D eigenvalue weighted by Crippen LogP contribution is -2.43. The maximum atomic E-state index is 12.0. The summed E-state index contributed by atoms with van der Waals surface area (Å²) in [4.78, 5) is 14.3. The summed E-state index contributed by atoms with van der Waals surface area (Å²) in [6.45, 7) is 2.44. The van der Waals surface area contributed by atoms with Crippen LogP contribution in [-0.4, -0.2) is 39.7 Å². The summed E-state index contributed by atoms with van der Waals surface area (Å²) >= 11 is 6.38. The van der Waals surface area contributed by atoms with Crippen molar-refractivity contribution in [3.8, 4) is 0 Å². The third kappa shape index (κ3) is 2.29. The second-order valence-corrected chi connectivity index (χ2v) is 6.79. The van der Waals surface area contributed by atoms with E-state index in [0.29, 0.717) is 0 Å². The van der Waals surface area contributed by atoms with Crippen LogP contribution in [0.25, 0.3) is 10.9 Å². The number of amides is 1. The molecule has 0 unspecified atom stereocenters. The van der Waals surface area contributed by atoms with E-state index in [1.807, 2.05) is 29.9 Å². The number of carbonyl (C=O) groups excluding carboxylic acids is 1.